The summed E-state index contributed by atoms with van der Waals surface area (Å²) in [5.74, 6) is 2.17. The first-order valence-electron chi connectivity index (χ1n) is 8.32. The van der Waals surface area contributed by atoms with Gasteiger partial charge < -0.3 is 4.90 Å². The van der Waals surface area contributed by atoms with Crippen LogP contribution in [0.15, 0.2) is 36.7 Å². The van der Waals surface area contributed by atoms with Crippen LogP contribution in [0.5, 0.6) is 0 Å². The molecule has 0 fully saturated rings. The summed E-state index contributed by atoms with van der Waals surface area (Å²) >= 11 is 0. The standard InChI is InChI=1S/C19H19N7/c1-11-7-17(14-9-20-19(21-10-14)26(3)4)23-16-6-5-13(8-15(11)16)18-22-12(2)24-25-18/h5-10H,1-4H3,(H,22,24,25). The third-order valence-corrected chi connectivity index (χ3v) is 4.20. The molecule has 26 heavy (non-hydrogen) atoms. The minimum absolute atomic E-state index is 0.678. The number of aromatic amines is 1. The molecule has 0 aliphatic rings. The first kappa shape index (κ1) is 16.1. The third kappa shape index (κ3) is 2.88. The molecule has 4 rings (SSSR count). The van der Waals surface area contributed by atoms with E-state index in [0.29, 0.717) is 11.8 Å². The van der Waals surface area contributed by atoms with E-state index in [9.17, 15) is 0 Å². The number of benzene rings is 1. The summed E-state index contributed by atoms with van der Waals surface area (Å²) in [6.07, 6.45) is 3.61. The van der Waals surface area contributed by atoms with E-state index >= 15 is 0 Å². The molecule has 0 saturated carbocycles. The number of aromatic nitrogens is 6. The number of hydrogen-bond donors (Lipinski definition) is 1. The van der Waals surface area contributed by atoms with Crippen molar-refractivity contribution in [2.45, 2.75) is 13.8 Å². The zero-order chi connectivity index (χ0) is 18.3. The largest absolute Gasteiger partial charge is 0.347 e. The predicted molar refractivity (Wildman–Crippen MR) is 102 cm³/mol. The van der Waals surface area contributed by atoms with Gasteiger partial charge in [-0.25, -0.2) is 19.9 Å². The molecule has 0 bridgehead atoms. The van der Waals surface area contributed by atoms with Gasteiger partial charge in [0.2, 0.25) is 5.95 Å². The number of hydrogen-bond acceptors (Lipinski definition) is 6. The van der Waals surface area contributed by atoms with Crippen LogP contribution < -0.4 is 4.90 Å². The molecule has 1 N–H and O–H groups in total. The highest BCUT2D eigenvalue weighted by Gasteiger charge is 2.10. The molecule has 0 amide bonds. The van der Waals surface area contributed by atoms with Crippen molar-refractivity contribution in [1.29, 1.82) is 0 Å². The maximum Gasteiger partial charge on any atom is 0.224 e. The first-order valence-corrected chi connectivity index (χ1v) is 8.32. The summed E-state index contributed by atoms with van der Waals surface area (Å²) in [7, 11) is 3.83. The van der Waals surface area contributed by atoms with Crippen molar-refractivity contribution in [3.8, 4) is 22.6 Å². The van der Waals surface area contributed by atoms with Gasteiger partial charge in [0.05, 0.1) is 11.2 Å². The smallest absolute Gasteiger partial charge is 0.224 e. The number of H-pyrrole nitrogens is 1. The van der Waals surface area contributed by atoms with Crippen LogP contribution in [-0.4, -0.2) is 44.2 Å². The Balaban J connectivity index is 1.77. The van der Waals surface area contributed by atoms with Crippen molar-refractivity contribution >= 4 is 16.9 Å². The van der Waals surface area contributed by atoms with Crippen LogP contribution in [0.4, 0.5) is 5.95 Å². The Labute approximate surface area is 151 Å². The van der Waals surface area contributed by atoms with Crippen LogP contribution in [0.2, 0.25) is 0 Å². The van der Waals surface area contributed by atoms with Crippen molar-refractivity contribution in [1.82, 2.24) is 30.1 Å². The second-order valence-corrected chi connectivity index (χ2v) is 6.47. The molecule has 3 heterocycles. The molecule has 7 heteroatoms. The average molecular weight is 345 g/mol. The predicted octanol–water partition coefficient (Wildman–Crippen LogP) is 3.16. The van der Waals surface area contributed by atoms with E-state index in [2.05, 4.69) is 44.2 Å². The zero-order valence-corrected chi connectivity index (χ0v) is 15.1. The lowest BCUT2D eigenvalue weighted by Gasteiger charge is -2.11. The van der Waals surface area contributed by atoms with Crippen molar-refractivity contribution in [2.24, 2.45) is 0 Å². The van der Waals surface area contributed by atoms with Gasteiger partial charge in [-0.15, -0.1) is 0 Å². The van der Waals surface area contributed by atoms with Crippen molar-refractivity contribution in [3.05, 3.63) is 48.0 Å². The van der Waals surface area contributed by atoms with Crippen molar-refractivity contribution in [2.75, 3.05) is 19.0 Å². The Bertz CT molecular complexity index is 1080. The Morgan fingerprint density at radius 2 is 1.69 bits per heavy atom. The molecule has 0 spiro atoms. The number of anilines is 1. The average Bonchev–Trinajstić information content (AvgIpc) is 3.08. The number of aryl methyl sites for hydroxylation is 2. The van der Waals surface area contributed by atoms with Gasteiger partial charge in [0.25, 0.3) is 0 Å². The van der Waals surface area contributed by atoms with E-state index in [1.807, 2.05) is 38.1 Å². The molecule has 130 valence electrons. The molecule has 0 unspecified atom stereocenters. The number of rotatable bonds is 3. The van der Waals surface area contributed by atoms with Gasteiger partial charge in [0.15, 0.2) is 5.82 Å². The van der Waals surface area contributed by atoms with Crippen LogP contribution in [0, 0.1) is 13.8 Å². The third-order valence-electron chi connectivity index (χ3n) is 4.20. The molecule has 0 radical (unpaired) electrons. The molecule has 7 nitrogen and oxygen atoms in total. The fourth-order valence-corrected chi connectivity index (χ4v) is 2.84. The second kappa shape index (κ2) is 6.18. The summed E-state index contributed by atoms with van der Waals surface area (Å²) in [4.78, 5) is 19.8. The fraction of sp³-hybridized carbons (Fsp3) is 0.211. The lowest BCUT2D eigenvalue weighted by atomic mass is 10.0. The summed E-state index contributed by atoms with van der Waals surface area (Å²) in [6.45, 7) is 3.97. The van der Waals surface area contributed by atoms with Crippen LogP contribution in [0.3, 0.4) is 0 Å². The molecular formula is C19H19N7. The monoisotopic (exact) mass is 345 g/mol. The summed E-state index contributed by atoms with van der Waals surface area (Å²) in [5.41, 5.74) is 4.79. The van der Waals surface area contributed by atoms with E-state index in [4.69, 9.17) is 4.98 Å². The summed E-state index contributed by atoms with van der Waals surface area (Å²) < 4.78 is 0. The Morgan fingerprint density at radius 1 is 0.923 bits per heavy atom. The van der Waals surface area contributed by atoms with E-state index < -0.39 is 0 Å². The van der Waals surface area contributed by atoms with Crippen molar-refractivity contribution < 1.29 is 0 Å². The van der Waals surface area contributed by atoms with E-state index in [-0.39, 0.29) is 0 Å². The fourth-order valence-electron chi connectivity index (χ4n) is 2.84. The Kier molecular flexibility index (Phi) is 3.84. The van der Waals surface area contributed by atoms with Gasteiger partial charge in [-0.1, -0.05) is 0 Å². The Hall–Kier alpha value is -3.35. The highest BCUT2D eigenvalue weighted by Crippen LogP contribution is 2.27. The normalized spacial score (nSPS) is 11.1. The molecule has 0 atom stereocenters. The number of nitrogens with one attached hydrogen (secondary N) is 1. The van der Waals surface area contributed by atoms with Gasteiger partial charge in [-0.05, 0) is 43.7 Å². The number of nitrogens with zero attached hydrogens (tertiary/aromatic N) is 6. The maximum atomic E-state index is 4.78. The van der Waals surface area contributed by atoms with Crippen LogP contribution in [0.25, 0.3) is 33.5 Å². The van der Waals surface area contributed by atoms with Gasteiger partial charge in [-0.3, -0.25) is 5.10 Å². The quantitative estimate of drug-likeness (QED) is 0.614. The minimum Gasteiger partial charge on any atom is -0.347 e. The minimum atomic E-state index is 0.678. The van der Waals surface area contributed by atoms with Crippen LogP contribution in [-0.2, 0) is 0 Å². The van der Waals surface area contributed by atoms with Gasteiger partial charge in [0.1, 0.15) is 5.82 Å². The lowest BCUT2D eigenvalue weighted by Crippen LogP contribution is -2.12. The first-order chi connectivity index (χ1) is 12.5. The molecular weight excluding hydrogens is 326 g/mol. The van der Waals surface area contributed by atoms with E-state index in [1.165, 1.54) is 0 Å². The summed E-state index contributed by atoms with van der Waals surface area (Å²) in [6, 6.07) is 8.13. The lowest BCUT2D eigenvalue weighted by molar-refractivity contribution is 0.999. The second-order valence-electron chi connectivity index (χ2n) is 6.47. The van der Waals surface area contributed by atoms with Gasteiger partial charge in [-0.2, -0.15) is 5.10 Å². The van der Waals surface area contributed by atoms with Gasteiger partial charge in [0, 0.05) is 43.0 Å². The molecule has 4 aromatic rings. The Morgan fingerprint density at radius 3 is 2.35 bits per heavy atom. The number of pyridine rings is 1. The topological polar surface area (TPSA) is 83.5 Å². The highest BCUT2D eigenvalue weighted by molar-refractivity contribution is 5.88. The zero-order valence-electron chi connectivity index (χ0n) is 15.1. The SMILES string of the molecule is Cc1nc(-c2ccc3nc(-c4cnc(N(C)C)nc4)cc(C)c3c2)n[nH]1. The van der Waals surface area contributed by atoms with Gasteiger partial charge >= 0.3 is 0 Å². The molecule has 0 aliphatic carbocycles. The van der Waals surface area contributed by atoms with Crippen LogP contribution >= 0.6 is 0 Å². The van der Waals surface area contributed by atoms with E-state index in [0.717, 1.165) is 39.1 Å². The molecule has 0 aliphatic heterocycles. The van der Waals surface area contributed by atoms with E-state index in [1.54, 1.807) is 12.4 Å². The molecule has 0 saturated heterocycles. The number of fused-ring (bicyclic) bond motifs is 1. The van der Waals surface area contributed by atoms with Crippen molar-refractivity contribution in [3.63, 3.8) is 0 Å². The summed E-state index contributed by atoms with van der Waals surface area (Å²) in [5, 5.41) is 8.19. The maximum absolute atomic E-state index is 4.78. The molecule has 1 aromatic carbocycles. The van der Waals surface area contributed by atoms with Crippen LogP contribution in [0.1, 0.15) is 11.4 Å². The highest BCUT2D eigenvalue weighted by atomic mass is 15.2. The molecule has 3 aromatic heterocycles.